The highest BCUT2D eigenvalue weighted by molar-refractivity contribution is 5.95. The van der Waals surface area contributed by atoms with E-state index in [1.165, 1.54) is 16.7 Å². The van der Waals surface area contributed by atoms with E-state index >= 15 is 0 Å². The minimum absolute atomic E-state index is 0.0681. The van der Waals surface area contributed by atoms with Gasteiger partial charge >= 0.3 is 0 Å². The molecule has 0 aromatic heterocycles. The molecule has 1 aliphatic heterocycles. The monoisotopic (exact) mass is 281 g/mol. The smallest absolute Gasteiger partial charge is 0.225 e. The van der Waals surface area contributed by atoms with Crippen LogP contribution < -0.4 is 10.1 Å². The molecular weight excluding hydrogens is 262 g/mol. The quantitative estimate of drug-likeness (QED) is 0.909. The fraction of sp³-hybridized carbons (Fsp3) is 0.278. The van der Waals surface area contributed by atoms with Gasteiger partial charge in [0.1, 0.15) is 5.75 Å². The number of ether oxygens (including phenoxy) is 1. The maximum absolute atomic E-state index is 12.0. The first-order valence-electron chi connectivity index (χ1n) is 7.13. The summed E-state index contributed by atoms with van der Waals surface area (Å²) < 4.78 is 5.30. The van der Waals surface area contributed by atoms with Gasteiger partial charge in [0, 0.05) is 18.0 Å². The second-order valence-electron chi connectivity index (χ2n) is 5.61. The van der Waals surface area contributed by atoms with Crippen LogP contribution in [-0.2, 0) is 4.79 Å². The van der Waals surface area contributed by atoms with Crippen molar-refractivity contribution in [3.8, 4) is 5.75 Å². The maximum Gasteiger partial charge on any atom is 0.225 e. The summed E-state index contributed by atoms with van der Waals surface area (Å²) in [5.74, 6) is 0.977. The average molecular weight is 281 g/mol. The number of hydrogen-bond donors (Lipinski definition) is 1. The number of carbonyl (C=O) groups excluding carboxylic acids is 1. The van der Waals surface area contributed by atoms with Gasteiger partial charge in [-0.25, -0.2) is 0 Å². The van der Waals surface area contributed by atoms with Crippen LogP contribution in [0, 0.1) is 13.8 Å². The number of amides is 1. The molecule has 0 bridgehead atoms. The third-order valence-electron chi connectivity index (χ3n) is 4.20. The molecule has 0 unspecified atom stereocenters. The Labute approximate surface area is 124 Å². The first kappa shape index (κ1) is 13.7. The molecule has 1 amide bonds. The van der Waals surface area contributed by atoms with Crippen molar-refractivity contribution < 1.29 is 9.53 Å². The molecule has 3 heteroatoms. The molecule has 0 fully saturated rings. The highest BCUT2D eigenvalue weighted by atomic mass is 16.5. The topological polar surface area (TPSA) is 38.3 Å². The van der Waals surface area contributed by atoms with Crippen molar-refractivity contribution in [1.29, 1.82) is 0 Å². The van der Waals surface area contributed by atoms with Gasteiger partial charge in [-0.1, -0.05) is 18.2 Å². The van der Waals surface area contributed by atoms with E-state index in [1.54, 1.807) is 7.11 Å². The van der Waals surface area contributed by atoms with Gasteiger partial charge < -0.3 is 10.1 Å². The van der Waals surface area contributed by atoms with E-state index < -0.39 is 0 Å². The molecule has 0 saturated heterocycles. The summed E-state index contributed by atoms with van der Waals surface area (Å²) in [4.78, 5) is 12.0. The van der Waals surface area contributed by atoms with E-state index in [-0.39, 0.29) is 11.8 Å². The van der Waals surface area contributed by atoms with Crippen LogP contribution in [0.3, 0.4) is 0 Å². The SMILES string of the molecule is COc1cccc([C@H]2CC(=O)Nc3cc(C)c(C)cc32)c1. The van der Waals surface area contributed by atoms with Crippen molar-refractivity contribution in [2.75, 3.05) is 12.4 Å². The van der Waals surface area contributed by atoms with E-state index in [2.05, 4.69) is 37.4 Å². The first-order valence-corrected chi connectivity index (χ1v) is 7.13. The fourth-order valence-electron chi connectivity index (χ4n) is 2.89. The molecule has 1 N–H and O–H groups in total. The van der Waals surface area contributed by atoms with Gasteiger partial charge in [0.15, 0.2) is 0 Å². The Hall–Kier alpha value is -2.29. The summed E-state index contributed by atoms with van der Waals surface area (Å²) in [5.41, 5.74) is 5.68. The molecule has 108 valence electrons. The largest absolute Gasteiger partial charge is 0.497 e. The lowest BCUT2D eigenvalue weighted by molar-refractivity contribution is -0.116. The molecule has 0 radical (unpaired) electrons. The number of rotatable bonds is 2. The predicted octanol–water partition coefficient (Wildman–Crippen LogP) is 3.79. The maximum atomic E-state index is 12.0. The number of aryl methyl sites for hydroxylation is 2. The van der Waals surface area contributed by atoms with Gasteiger partial charge in [0.2, 0.25) is 5.91 Å². The third-order valence-corrected chi connectivity index (χ3v) is 4.20. The Balaban J connectivity index is 2.11. The van der Waals surface area contributed by atoms with E-state index in [4.69, 9.17) is 4.74 Å². The van der Waals surface area contributed by atoms with Gasteiger partial charge in [-0.2, -0.15) is 0 Å². The normalized spacial score (nSPS) is 17.1. The minimum Gasteiger partial charge on any atom is -0.497 e. The van der Waals surface area contributed by atoms with Crippen LogP contribution in [0.15, 0.2) is 36.4 Å². The number of hydrogen-bond acceptors (Lipinski definition) is 2. The molecule has 2 aromatic rings. The van der Waals surface area contributed by atoms with Crippen LogP contribution in [0.25, 0.3) is 0 Å². The minimum atomic E-state index is 0.0681. The van der Waals surface area contributed by atoms with E-state index in [0.29, 0.717) is 6.42 Å². The summed E-state index contributed by atoms with van der Waals surface area (Å²) in [7, 11) is 1.66. The highest BCUT2D eigenvalue weighted by Gasteiger charge is 2.27. The zero-order chi connectivity index (χ0) is 15.0. The number of carbonyl (C=O) groups is 1. The molecule has 3 nitrogen and oxygen atoms in total. The van der Waals surface area contributed by atoms with Gasteiger partial charge in [-0.05, 0) is 54.3 Å². The van der Waals surface area contributed by atoms with Crippen LogP contribution in [0.2, 0.25) is 0 Å². The van der Waals surface area contributed by atoms with Crippen LogP contribution in [0.4, 0.5) is 5.69 Å². The molecule has 1 atom stereocenters. The summed E-state index contributed by atoms with van der Waals surface area (Å²) in [5, 5.41) is 2.99. The van der Waals surface area contributed by atoms with E-state index in [1.807, 2.05) is 18.2 Å². The van der Waals surface area contributed by atoms with E-state index in [0.717, 1.165) is 17.0 Å². The predicted molar refractivity (Wildman–Crippen MR) is 84.0 cm³/mol. The van der Waals surface area contributed by atoms with Crippen LogP contribution in [0.5, 0.6) is 5.75 Å². The fourth-order valence-corrected chi connectivity index (χ4v) is 2.89. The Kier molecular flexibility index (Phi) is 3.42. The lowest BCUT2D eigenvalue weighted by atomic mass is 9.83. The van der Waals surface area contributed by atoms with Gasteiger partial charge in [-0.3, -0.25) is 4.79 Å². The van der Waals surface area contributed by atoms with Crippen LogP contribution in [-0.4, -0.2) is 13.0 Å². The Morgan fingerprint density at radius 3 is 2.67 bits per heavy atom. The van der Waals surface area contributed by atoms with Crippen LogP contribution in [0.1, 0.15) is 34.6 Å². The molecule has 21 heavy (non-hydrogen) atoms. The summed E-state index contributed by atoms with van der Waals surface area (Å²) in [6.07, 6.45) is 0.475. The highest BCUT2D eigenvalue weighted by Crippen LogP contribution is 2.39. The standard InChI is InChI=1S/C18H19NO2/c1-11-7-16-15(13-5-4-6-14(9-13)21-3)10-18(20)19-17(16)8-12(11)2/h4-9,15H,10H2,1-3H3,(H,19,20)/t15-/m1/s1. The molecular formula is C18H19NO2. The lowest BCUT2D eigenvalue weighted by Crippen LogP contribution is -2.23. The van der Waals surface area contributed by atoms with Gasteiger partial charge in [0.25, 0.3) is 0 Å². The number of methoxy groups -OCH3 is 1. The zero-order valence-electron chi connectivity index (χ0n) is 12.6. The summed E-state index contributed by atoms with van der Waals surface area (Å²) >= 11 is 0. The number of fused-ring (bicyclic) bond motifs is 1. The second kappa shape index (κ2) is 5.24. The Morgan fingerprint density at radius 1 is 1.14 bits per heavy atom. The van der Waals surface area contributed by atoms with Crippen molar-refractivity contribution in [2.24, 2.45) is 0 Å². The second-order valence-corrected chi connectivity index (χ2v) is 5.61. The Morgan fingerprint density at radius 2 is 1.90 bits per heavy atom. The van der Waals surface area contributed by atoms with Crippen molar-refractivity contribution >= 4 is 11.6 Å². The number of nitrogens with one attached hydrogen (secondary N) is 1. The molecule has 1 heterocycles. The number of anilines is 1. The molecule has 0 aliphatic carbocycles. The summed E-state index contributed by atoms with van der Waals surface area (Å²) in [6.45, 7) is 4.17. The van der Waals surface area contributed by atoms with Crippen LogP contribution >= 0.6 is 0 Å². The lowest BCUT2D eigenvalue weighted by Gasteiger charge is -2.27. The average Bonchev–Trinajstić information content (AvgIpc) is 2.48. The van der Waals surface area contributed by atoms with Crippen molar-refractivity contribution in [3.05, 3.63) is 58.7 Å². The Bertz CT molecular complexity index is 706. The van der Waals surface area contributed by atoms with Crippen molar-refractivity contribution in [3.63, 3.8) is 0 Å². The zero-order valence-corrected chi connectivity index (χ0v) is 12.6. The van der Waals surface area contributed by atoms with E-state index in [9.17, 15) is 4.79 Å². The van der Waals surface area contributed by atoms with Crippen molar-refractivity contribution in [1.82, 2.24) is 0 Å². The third kappa shape index (κ3) is 2.51. The molecule has 1 aliphatic rings. The summed E-state index contributed by atoms with van der Waals surface area (Å²) in [6, 6.07) is 12.2. The molecule has 2 aromatic carbocycles. The van der Waals surface area contributed by atoms with Gasteiger partial charge in [0.05, 0.1) is 7.11 Å². The molecule has 0 saturated carbocycles. The first-order chi connectivity index (χ1) is 10.1. The number of benzene rings is 2. The molecule has 3 rings (SSSR count). The van der Waals surface area contributed by atoms with Gasteiger partial charge in [-0.15, -0.1) is 0 Å². The molecule has 0 spiro atoms. The van der Waals surface area contributed by atoms with Crippen molar-refractivity contribution in [2.45, 2.75) is 26.2 Å².